The number of benzene rings is 2. The van der Waals surface area contributed by atoms with E-state index in [9.17, 15) is 21.6 Å². The van der Waals surface area contributed by atoms with Crippen LogP contribution in [-0.2, 0) is 27.5 Å². The Hall–Kier alpha value is -3.19. The number of nitrogens with zero attached hydrogens (tertiary/aromatic N) is 3. The molecule has 0 saturated heterocycles. The summed E-state index contributed by atoms with van der Waals surface area (Å²) in [7, 11) is -3.11. The van der Waals surface area contributed by atoms with Crippen LogP contribution in [0.2, 0.25) is 0 Å². The van der Waals surface area contributed by atoms with Gasteiger partial charge in [0.2, 0.25) is 11.8 Å². The van der Waals surface area contributed by atoms with Crippen LogP contribution in [0, 0.1) is 0 Å². The van der Waals surface area contributed by atoms with Crippen molar-refractivity contribution in [1.29, 1.82) is 0 Å². The number of anilines is 4. The zero-order valence-corrected chi connectivity index (χ0v) is 18.9. The summed E-state index contributed by atoms with van der Waals surface area (Å²) in [6, 6.07) is 9.82. The lowest BCUT2D eigenvalue weighted by Crippen LogP contribution is -2.06. The smallest absolute Gasteiger partial charge is 0.339 e. The topological polar surface area (TPSA) is 113 Å². The summed E-state index contributed by atoms with van der Waals surface area (Å²) in [5.74, 6) is -0.393. The Morgan fingerprint density at radius 3 is 2.48 bits per heavy atom. The zero-order valence-electron chi connectivity index (χ0n) is 16.5. The second-order valence-corrected chi connectivity index (χ2v) is 10.4. The summed E-state index contributed by atoms with van der Waals surface area (Å²) >= 11 is 3.36. The van der Waals surface area contributed by atoms with Gasteiger partial charge < -0.3 is 15.6 Å². The molecular weight excluding hydrogens is 525 g/mol. The molecule has 5 rings (SSSR count). The number of aromatic amines is 1. The summed E-state index contributed by atoms with van der Waals surface area (Å²) in [6.45, 7) is 0. The van der Waals surface area contributed by atoms with Crippen LogP contribution in [-0.4, -0.2) is 28.4 Å². The van der Waals surface area contributed by atoms with E-state index in [1.165, 1.54) is 18.3 Å². The van der Waals surface area contributed by atoms with Gasteiger partial charge in [0.25, 0.3) is 0 Å². The maximum atomic E-state index is 12.9. The standard InChI is InChI=1S/C20H14BrF3N6O2S/c21-14-7-25-19(27-12-2-1-10-8-33(31,32)9-11(10)5-12)30-17(14)26-13-3-4-15-16(6-13)29-18(28-15)20(22,23)24/h1-7H,8-9H2,(H,28,29)(H2,25,26,27,30). The second-order valence-electron chi connectivity index (χ2n) is 7.47. The Labute approximate surface area is 193 Å². The van der Waals surface area contributed by atoms with E-state index in [2.05, 4.69) is 46.5 Å². The van der Waals surface area contributed by atoms with Crippen LogP contribution in [0.25, 0.3) is 11.0 Å². The third kappa shape index (κ3) is 4.50. The predicted octanol–water partition coefficient (Wildman–Crippen LogP) is 5.05. The molecule has 170 valence electrons. The molecule has 0 amide bonds. The average molecular weight is 539 g/mol. The van der Waals surface area contributed by atoms with Crippen molar-refractivity contribution in [2.24, 2.45) is 0 Å². The van der Waals surface area contributed by atoms with Gasteiger partial charge in [-0.3, -0.25) is 0 Å². The summed E-state index contributed by atoms with van der Waals surface area (Å²) in [4.78, 5) is 14.4. The first-order valence-corrected chi connectivity index (χ1v) is 12.1. The van der Waals surface area contributed by atoms with Gasteiger partial charge in [0.05, 0.1) is 27.0 Å². The highest BCUT2D eigenvalue weighted by Crippen LogP contribution is 2.32. The molecule has 1 aliphatic heterocycles. The van der Waals surface area contributed by atoms with Gasteiger partial charge in [-0.2, -0.15) is 18.2 Å². The fourth-order valence-electron chi connectivity index (χ4n) is 3.51. The molecule has 33 heavy (non-hydrogen) atoms. The number of rotatable bonds is 4. The largest absolute Gasteiger partial charge is 0.449 e. The Morgan fingerprint density at radius 2 is 1.70 bits per heavy atom. The highest BCUT2D eigenvalue weighted by Gasteiger charge is 2.34. The number of halogens is 4. The minimum atomic E-state index is -4.56. The fourth-order valence-corrected chi connectivity index (χ4v) is 5.40. The lowest BCUT2D eigenvalue weighted by atomic mass is 10.1. The van der Waals surface area contributed by atoms with E-state index in [1.807, 2.05) is 0 Å². The van der Waals surface area contributed by atoms with Gasteiger partial charge in [0, 0.05) is 17.6 Å². The van der Waals surface area contributed by atoms with Crippen molar-refractivity contribution in [3.05, 3.63) is 64.0 Å². The Kier molecular flexibility index (Phi) is 5.05. The lowest BCUT2D eigenvalue weighted by Gasteiger charge is -2.11. The van der Waals surface area contributed by atoms with Gasteiger partial charge in [0.1, 0.15) is 5.82 Å². The Balaban J connectivity index is 1.38. The first-order valence-electron chi connectivity index (χ1n) is 9.51. The molecule has 0 bridgehead atoms. The van der Waals surface area contributed by atoms with Gasteiger partial charge in [-0.15, -0.1) is 0 Å². The van der Waals surface area contributed by atoms with E-state index in [-0.39, 0.29) is 28.5 Å². The minimum absolute atomic E-state index is 0.00200. The molecular formula is C20H14BrF3N6O2S. The molecule has 1 aliphatic rings. The van der Waals surface area contributed by atoms with Gasteiger partial charge in [-0.05, 0) is 57.4 Å². The molecule has 0 unspecified atom stereocenters. The van der Waals surface area contributed by atoms with Crippen molar-refractivity contribution >= 4 is 59.9 Å². The molecule has 0 fully saturated rings. The van der Waals surface area contributed by atoms with Crippen molar-refractivity contribution < 1.29 is 21.6 Å². The molecule has 2 aromatic heterocycles. The summed E-state index contributed by atoms with van der Waals surface area (Å²) < 4.78 is 62.9. The SMILES string of the molecule is O=S1(=O)Cc2ccc(Nc3ncc(Br)c(Nc4ccc5nc(C(F)(F)F)[nH]c5c4)n3)cc2C1. The van der Waals surface area contributed by atoms with Gasteiger partial charge in [-0.1, -0.05) is 6.07 Å². The zero-order chi connectivity index (χ0) is 23.4. The van der Waals surface area contributed by atoms with Crippen LogP contribution in [0.3, 0.4) is 0 Å². The number of sulfone groups is 1. The number of H-pyrrole nitrogens is 1. The highest BCUT2D eigenvalue weighted by molar-refractivity contribution is 9.10. The lowest BCUT2D eigenvalue weighted by molar-refractivity contribution is -0.144. The van der Waals surface area contributed by atoms with Crippen LogP contribution in [0.1, 0.15) is 17.0 Å². The fraction of sp³-hybridized carbons (Fsp3) is 0.150. The van der Waals surface area contributed by atoms with Crippen molar-refractivity contribution in [3.8, 4) is 0 Å². The van der Waals surface area contributed by atoms with E-state index >= 15 is 0 Å². The predicted molar refractivity (Wildman–Crippen MR) is 120 cm³/mol. The van der Waals surface area contributed by atoms with Gasteiger partial charge in [-0.25, -0.2) is 18.4 Å². The molecule has 8 nitrogen and oxygen atoms in total. The van der Waals surface area contributed by atoms with E-state index in [0.29, 0.717) is 21.7 Å². The summed E-state index contributed by atoms with van der Waals surface area (Å²) in [6.07, 6.45) is -3.05. The quantitative estimate of drug-likeness (QED) is 0.333. The number of fused-ring (bicyclic) bond motifs is 2. The van der Waals surface area contributed by atoms with E-state index in [0.717, 1.165) is 11.1 Å². The monoisotopic (exact) mass is 538 g/mol. The number of alkyl halides is 3. The number of imidazole rings is 1. The minimum Gasteiger partial charge on any atom is -0.339 e. The first-order chi connectivity index (χ1) is 15.6. The van der Waals surface area contributed by atoms with E-state index in [4.69, 9.17) is 0 Å². The molecule has 3 N–H and O–H groups in total. The Bertz CT molecular complexity index is 1500. The maximum Gasteiger partial charge on any atom is 0.449 e. The van der Waals surface area contributed by atoms with Crippen molar-refractivity contribution in [3.63, 3.8) is 0 Å². The third-order valence-corrected chi connectivity index (χ3v) is 7.05. The molecule has 0 saturated carbocycles. The maximum absolute atomic E-state index is 12.9. The number of hydrogen-bond donors (Lipinski definition) is 3. The first kappa shape index (κ1) is 21.6. The molecule has 13 heteroatoms. The molecule has 0 atom stereocenters. The average Bonchev–Trinajstić information content (AvgIpc) is 3.29. The molecule has 2 aromatic carbocycles. The van der Waals surface area contributed by atoms with E-state index in [1.54, 1.807) is 24.3 Å². The van der Waals surface area contributed by atoms with Gasteiger partial charge >= 0.3 is 6.18 Å². The van der Waals surface area contributed by atoms with Crippen molar-refractivity contribution in [1.82, 2.24) is 19.9 Å². The van der Waals surface area contributed by atoms with Crippen molar-refractivity contribution in [2.75, 3.05) is 10.6 Å². The number of nitrogens with one attached hydrogen (secondary N) is 3. The second kappa shape index (κ2) is 7.70. The normalized spacial score (nSPS) is 14.9. The van der Waals surface area contributed by atoms with Crippen LogP contribution in [0.4, 0.5) is 36.3 Å². The van der Waals surface area contributed by atoms with E-state index < -0.39 is 21.8 Å². The number of aromatic nitrogens is 4. The highest BCUT2D eigenvalue weighted by atomic mass is 79.9. The van der Waals surface area contributed by atoms with Crippen LogP contribution in [0.15, 0.2) is 47.1 Å². The summed E-state index contributed by atoms with van der Waals surface area (Å²) in [5, 5.41) is 6.09. The van der Waals surface area contributed by atoms with Crippen LogP contribution >= 0.6 is 15.9 Å². The molecule has 3 heterocycles. The van der Waals surface area contributed by atoms with Gasteiger partial charge in [0.15, 0.2) is 9.84 Å². The van der Waals surface area contributed by atoms with Crippen molar-refractivity contribution in [2.45, 2.75) is 17.7 Å². The molecule has 0 spiro atoms. The molecule has 0 radical (unpaired) electrons. The molecule has 0 aliphatic carbocycles. The third-order valence-electron chi connectivity index (χ3n) is 4.97. The van der Waals surface area contributed by atoms with Crippen LogP contribution < -0.4 is 10.6 Å². The Morgan fingerprint density at radius 1 is 0.970 bits per heavy atom. The molecule has 4 aromatic rings. The van der Waals surface area contributed by atoms with Crippen LogP contribution in [0.5, 0.6) is 0 Å². The number of hydrogen-bond acceptors (Lipinski definition) is 7. The summed E-state index contributed by atoms with van der Waals surface area (Å²) in [5.41, 5.74) is 3.06.